The van der Waals surface area contributed by atoms with Crippen molar-refractivity contribution in [3.8, 4) is 0 Å². The molecular weight excluding hydrogens is 334 g/mol. The van der Waals surface area contributed by atoms with E-state index in [0.29, 0.717) is 0 Å². The second-order valence-electron chi connectivity index (χ2n) is 3.95. The van der Waals surface area contributed by atoms with Gasteiger partial charge < -0.3 is 5.11 Å². The zero-order chi connectivity index (χ0) is 13.8. The van der Waals surface area contributed by atoms with Crippen molar-refractivity contribution in [3.05, 3.63) is 64.1 Å². The van der Waals surface area contributed by atoms with Gasteiger partial charge in [-0.1, -0.05) is 22.0 Å². The van der Waals surface area contributed by atoms with Gasteiger partial charge in [-0.15, -0.1) is 11.8 Å². The molecule has 2 rings (SSSR count). The van der Waals surface area contributed by atoms with E-state index in [4.69, 9.17) is 0 Å². The number of benzene rings is 2. The molecule has 0 saturated heterocycles. The van der Waals surface area contributed by atoms with E-state index in [-0.39, 0.29) is 11.3 Å². The molecule has 0 aliphatic rings. The third-order valence-electron chi connectivity index (χ3n) is 2.52. The van der Waals surface area contributed by atoms with Crippen molar-refractivity contribution in [3.63, 3.8) is 0 Å². The molecule has 1 N–H and O–H groups in total. The second-order valence-corrected chi connectivity index (χ2v) is 5.96. The number of aliphatic hydroxyl groups is 1. The maximum atomic E-state index is 13.5. The van der Waals surface area contributed by atoms with Gasteiger partial charge in [-0.25, -0.2) is 8.78 Å². The van der Waals surface area contributed by atoms with Crippen molar-refractivity contribution in [1.29, 1.82) is 0 Å². The summed E-state index contributed by atoms with van der Waals surface area (Å²) in [4.78, 5) is 0.949. The van der Waals surface area contributed by atoms with Crippen LogP contribution in [-0.4, -0.2) is 10.9 Å². The summed E-state index contributed by atoms with van der Waals surface area (Å²) in [6.45, 7) is 0. The fourth-order valence-electron chi connectivity index (χ4n) is 1.59. The van der Waals surface area contributed by atoms with Crippen LogP contribution in [0.4, 0.5) is 8.78 Å². The molecule has 0 aromatic heterocycles. The zero-order valence-corrected chi connectivity index (χ0v) is 12.2. The standard InChI is InChI=1S/C14H11BrF2OS/c15-9-2-1-3-11(6-9)19-8-14(18)12-7-10(16)4-5-13(12)17/h1-7,14,18H,8H2. The van der Waals surface area contributed by atoms with Crippen molar-refractivity contribution >= 4 is 27.7 Å². The largest absolute Gasteiger partial charge is 0.387 e. The van der Waals surface area contributed by atoms with E-state index in [0.717, 1.165) is 27.6 Å². The van der Waals surface area contributed by atoms with Crippen LogP contribution in [0.5, 0.6) is 0 Å². The van der Waals surface area contributed by atoms with Crippen molar-refractivity contribution in [1.82, 2.24) is 0 Å². The van der Waals surface area contributed by atoms with E-state index in [1.165, 1.54) is 11.8 Å². The van der Waals surface area contributed by atoms with Gasteiger partial charge in [0.15, 0.2) is 0 Å². The van der Waals surface area contributed by atoms with Crippen LogP contribution in [0.3, 0.4) is 0 Å². The maximum Gasteiger partial charge on any atom is 0.129 e. The summed E-state index contributed by atoms with van der Waals surface area (Å²) >= 11 is 4.73. The molecule has 0 spiro atoms. The van der Waals surface area contributed by atoms with Gasteiger partial charge in [0.05, 0.1) is 6.10 Å². The molecule has 0 fully saturated rings. The molecular formula is C14H11BrF2OS. The van der Waals surface area contributed by atoms with Crippen molar-refractivity contribution in [2.45, 2.75) is 11.0 Å². The molecule has 0 aliphatic carbocycles. The Morgan fingerprint density at radius 3 is 2.68 bits per heavy atom. The minimum atomic E-state index is -1.04. The van der Waals surface area contributed by atoms with E-state index in [1.54, 1.807) is 0 Å². The summed E-state index contributed by atoms with van der Waals surface area (Å²) in [7, 11) is 0. The van der Waals surface area contributed by atoms with Crippen LogP contribution >= 0.6 is 27.7 Å². The summed E-state index contributed by atoms with van der Waals surface area (Å²) in [5.41, 5.74) is -0.0116. The van der Waals surface area contributed by atoms with Gasteiger partial charge >= 0.3 is 0 Å². The summed E-state index contributed by atoms with van der Waals surface area (Å²) in [5, 5.41) is 9.92. The third-order valence-corrected chi connectivity index (χ3v) is 4.08. The molecule has 0 bridgehead atoms. The van der Waals surface area contributed by atoms with Gasteiger partial charge in [0.2, 0.25) is 0 Å². The highest BCUT2D eigenvalue weighted by Gasteiger charge is 2.14. The van der Waals surface area contributed by atoms with Crippen LogP contribution < -0.4 is 0 Å². The number of thioether (sulfide) groups is 1. The Labute approximate surface area is 122 Å². The van der Waals surface area contributed by atoms with Crippen LogP contribution in [0.25, 0.3) is 0 Å². The summed E-state index contributed by atoms with van der Waals surface area (Å²) in [6.07, 6.45) is -1.04. The normalized spacial score (nSPS) is 12.4. The van der Waals surface area contributed by atoms with Gasteiger partial charge in [-0.2, -0.15) is 0 Å². The predicted molar refractivity (Wildman–Crippen MR) is 76.2 cm³/mol. The minimum absolute atomic E-state index is 0.0116. The lowest BCUT2D eigenvalue weighted by molar-refractivity contribution is 0.198. The molecule has 19 heavy (non-hydrogen) atoms. The van der Waals surface area contributed by atoms with E-state index in [9.17, 15) is 13.9 Å². The highest BCUT2D eigenvalue weighted by atomic mass is 79.9. The lowest BCUT2D eigenvalue weighted by Gasteiger charge is -2.12. The van der Waals surface area contributed by atoms with E-state index >= 15 is 0 Å². The Morgan fingerprint density at radius 2 is 1.95 bits per heavy atom. The predicted octanol–water partition coefficient (Wildman–Crippen LogP) is 4.55. The van der Waals surface area contributed by atoms with Gasteiger partial charge in [0.1, 0.15) is 11.6 Å². The lowest BCUT2D eigenvalue weighted by Crippen LogP contribution is -2.04. The molecule has 2 aromatic rings. The van der Waals surface area contributed by atoms with Crippen LogP contribution in [0, 0.1) is 11.6 Å². The summed E-state index contributed by atoms with van der Waals surface area (Å²) in [5.74, 6) is -0.886. The fraction of sp³-hybridized carbons (Fsp3) is 0.143. The Hall–Kier alpha value is -0.910. The molecule has 2 aromatic carbocycles. The monoisotopic (exact) mass is 344 g/mol. The average molecular weight is 345 g/mol. The number of hydrogen-bond donors (Lipinski definition) is 1. The fourth-order valence-corrected chi connectivity index (χ4v) is 3.06. The SMILES string of the molecule is OC(CSc1cccc(Br)c1)c1cc(F)ccc1F. The van der Waals surface area contributed by atoms with Gasteiger partial charge in [0, 0.05) is 20.7 Å². The Balaban J connectivity index is 2.05. The van der Waals surface area contributed by atoms with Crippen molar-refractivity contribution in [2.24, 2.45) is 0 Å². The van der Waals surface area contributed by atoms with Gasteiger partial charge in [-0.05, 0) is 36.4 Å². The van der Waals surface area contributed by atoms with E-state index < -0.39 is 17.7 Å². The van der Waals surface area contributed by atoms with Crippen LogP contribution in [0.1, 0.15) is 11.7 Å². The molecule has 100 valence electrons. The minimum Gasteiger partial charge on any atom is -0.387 e. The third kappa shape index (κ3) is 4.03. The van der Waals surface area contributed by atoms with Gasteiger partial charge in [-0.3, -0.25) is 0 Å². The zero-order valence-electron chi connectivity index (χ0n) is 9.82. The Bertz CT molecular complexity index is 577. The molecule has 1 unspecified atom stereocenters. The molecule has 0 aliphatic heterocycles. The lowest BCUT2D eigenvalue weighted by atomic mass is 10.1. The average Bonchev–Trinajstić information content (AvgIpc) is 2.39. The second kappa shape index (κ2) is 6.50. The summed E-state index contributed by atoms with van der Waals surface area (Å²) in [6, 6.07) is 10.7. The number of aliphatic hydroxyl groups excluding tert-OH is 1. The highest BCUT2D eigenvalue weighted by molar-refractivity contribution is 9.10. The number of rotatable bonds is 4. The smallest absolute Gasteiger partial charge is 0.129 e. The Kier molecular flexibility index (Phi) is 4.96. The molecule has 1 atom stereocenters. The molecule has 0 radical (unpaired) electrons. The van der Waals surface area contributed by atoms with Crippen LogP contribution in [-0.2, 0) is 0 Å². The highest BCUT2D eigenvalue weighted by Crippen LogP contribution is 2.28. The molecule has 0 heterocycles. The van der Waals surface area contributed by atoms with Crippen LogP contribution in [0.15, 0.2) is 51.8 Å². The van der Waals surface area contributed by atoms with E-state index in [2.05, 4.69) is 15.9 Å². The van der Waals surface area contributed by atoms with E-state index in [1.807, 2.05) is 24.3 Å². The Morgan fingerprint density at radius 1 is 1.16 bits per heavy atom. The topological polar surface area (TPSA) is 20.2 Å². The number of halogens is 3. The molecule has 1 nitrogen and oxygen atoms in total. The first-order chi connectivity index (χ1) is 9.06. The van der Waals surface area contributed by atoms with Crippen molar-refractivity contribution in [2.75, 3.05) is 5.75 Å². The molecule has 0 amide bonds. The quantitative estimate of drug-likeness (QED) is 0.821. The summed E-state index contributed by atoms with van der Waals surface area (Å²) < 4.78 is 27.4. The first kappa shape index (κ1) is 14.5. The first-order valence-electron chi connectivity index (χ1n) is 5.57. The maximum absolute atomic E-state index is 13.5. The molecule has 5 heteroatoms. The van der Waals surface area contributed by atoms with Crippen molar-refractivity contribution < 1.29 is 13.9 Å². The first-order valence-corrected chi connectivity index (χ1v) is 7.35. The molecule has 0 saturated carbocycles. The number of hydrogen-bond acceptors (Lipinski definition) is 2. The van der Waals surface area contributed by atoms with Crippen LogP contribution in [0.2, 0.25) is 0 Å². The van der Waals surface area contributed by atoms with Gasteiger partial charge in [0.25, 0.3) is 0 Å².